The zero-order chi connectivity index (χ0) is 32.0. The Morgan fingerprint density at radius 1 is 0.644 bits per heavy atom. The fourth-order valence-corrected chi connectivity index (χ4v) is 8.59. The molecule has 0 radical (unpaired) electrons. The Kier molecular flexibility index (Phi) is 15.4. The normalized spacial score (nSPS) is 17.5. The van der Waals surface area contributed by atoms with E-state index in [1.54, 1.807) is 22.3 Å². The van der Waals surface area contributed by atoms with Crippen LogP contribution in [0.25, 0.3) is 0 Å². The first kappa shape index (κ1) is 36.1. The summed E-state index contributed by atoms with van der Waals surface area (Å²) < 4.78 is 16.0. The summed E-state index contributed by atoms with van der Waals surface area (Å²) in [4.78, 5) is 32.6. The lowest BCUT2D eigenvalue weighted by atomic mass is 9.86. The quantitative estimate of drug-likeness (QED) is 0.108. The van der Waals surface area contributed by atoms with Crippen LogP contribution in [0.15, 0.2) is 28.1 Å². The molecule has 2 aliphatic heterocycles. The third-order valence-corrected chi connectivity index (χ3v) is 11.4. The second kappa shape index (κ2) is 19.2. The van der Waals surface area contributed by atoms with Crippen LogP contribution in [0.1, 0.15) is 165 Å². The summed E-state index contributed by atoms with van der Waals surface area (Å²) in [5.41, 5.74) is 1.97. The van der Waals surface area contributed by atoms with Crippen molar-refractivity contribution in [2.45, 2.75) is 154 Å². The lowest BCUT2D eigenvalue weighted by molar-refractivity contribution is -0.125. The topological polar surface area (TPSA) is 40.6 Å². The molecule has 0 N–H and O–H groups in total. The van der Waals surface area contributed by atoms with E-state index < -0.39 is 17.7 Å². The summed E-state index contributed by atoms with van der Waals surface area (Å²) in [7, 11) is 0. The zero-order valence-electron chi connectivity index (χ0n) is 27.9. The summed E-state index contributed by atoms with van der Waals surface area (Å²) in [5, 5.41) is 2.02. The molecule has 0 bridgehead atoms. The first-order valence-electron chi connectivity index (χ1n) is 18.2. The molecule has 1 aromatic carbocycles. The Hall–Kier alpha value is -1.73. The van der Waals surface area contributed by atoms with Crippen LogP contribution >= 0.6 is 27.3 Å². The van der Waals surface area contributed by atoms with Gasteiger partial charge in [-0.05, 0) is 51.8 Å². The fraction of sp³-hybridized carbons (Fsp3) is 0.684. The highest BCUT2D eigenvalue weighted by Gasteiger charge is 2.51. The molecule has 0 aliphatic carbocycles. The second-order valence-corrected chi connectivity index (χ2v) is 15.1. The van der Waals surface area contributed by atoms with Crippen molar-refractivity contribution < 1.29 is 14.0 Å². The first-order chi connectivity index (χ1) is 22.0. The van der Waals surface area contributed by atoms with Gasteiger partial charge in [0.15, 0.2) is 5.82 Å². The summed E-state index contributed by atoms with van der Waals surface area (Å²) >= 11 is 4.90. The maximum Gasteiger partial charge on any atom is 0.236 e. The molecule has 0 fully saturated rings. The van der Waals surface area contributed by atoms with E-state index in [-0.39, 0.29) is 11.8 Å². The smallest absolute Gasteiger partial charge is 0.236 e. The Labute approximate surface area is 284 Å². The van der Waals surface area contributed by atoms with Gasteiger partial charge in [-0.15, -0.1) is 11.3 Å². The molecule has 2 atom stereocenters. The van der Waals surface area contributed by atoms with Gasteiger partial charge in [0.05, 0.1) is 27.7 Å². The van der Waals surface area contributed by atoms with Crippen molar-refractivity contribution in [2.75, 3.05) is 22.9 Å². The lowest BCUT2D eigenvalue weighted by Gasteiger charge is -2.21. The maximum atomic E-state index is 15.6. The summed E-state index contributed by atoms with van der Waals surface area (Å²) in [6, 6.07) is 5.56. The molecule has 2 aliphatic rings. The molecule has 250 valence electrons. The van der Waals surface area contributed by atoms with E-state index in [0.29, 0.717) is 28.8 Å². The number of thiophene rings is 1. The van der Waals surface area contributed by atoms with Gasteiger partial charge >= 0.3 is 0 Å². The van der Waals surface area contributed by atoms with E-state index >= 15 is 4.39 Å². The van der Waals surface area contributed by atoms with Gasteiger partial charge in [-0.1, -0.05) is 135 Å². The van der Waals surface area contributed by atoms with Gasteiger partial charge in [-0.2, -0.15) is 0 Å². The van der Waals surface area contributed by atoms with Crippen molar-refractivity contribution in [3.63, 3.8) is 0 Å². The largest absolute Gasteiger partial charge is 0.311 e. The molecular formula is C38H56BrFN2O2S. The molecule has 2 aromatic rings. The third kappa shape index (κ3) is 9.43. The van der Waals surface area contributed by atoms with Crippen LogP contribution in [0.5, 0.6) is 0 Å². The van der Waals surface area contributed by atoms with Crippen molar-refractivity contribution in [3.8, 4) is 0 Å². The van der Waals surface area contributed by atoms with E-state index in [9.17, 15) is 9.59 Å². The van der Waals surface area contributed by atoms with Crippen LogP contribution in [0.3, 0.4) is 0 Å². The van der Waals surface area contributed by atoms with E-state index in [2.05, 4.69) is 29.8 Å². The SMILES string of the molecule is CCCCCCCCCCCCCCCCN1C(=O)C(C2C(=O)N(CCCCCCCC)c3ccsc32)c2ccc(Br)c(F)c21. The number of hydrogen-bond acceptors (Lipinski definition) is 3. The van der Waals surface area contributed by atoms with Gasteiger partial charge in [0.1, 0.15) is 0 Å². The number of unbranched alkanes of at least 4 members (excludes halogenated alkanes) is 18. The highest BCUT2D eigenvalue weighted by atomic mass is 79.9. The van der Waals surface area contributed by atoms with E-state index in [4.69, 9.17) is 0 Å². The molecule has 0 spiro atoms. The van der Waals surface area contributed by atoms with E-state index in [1.807, 2.05) is 22.4 Å². The Morgan fingerprint density at radius 2 is 1.11 bits per heavy atom. The third-order valence-electron chi connectivity index (χ3n) is 9.82. The number of nitrogens with zero attached hydrogens (tertiary/aromatic N) is 2. The molecule has 0 saturated carbocycles. The van der Waals surface area contributed by atoms with E-state index in [1.165, 1.54) is 96.3 Å². The lowest BCUT2D eigenvalue weighted by Crippen LogP contribution is -2.36. The minimum Gasteiger partial charge on any atom is -0.311 e. The molecule has 7 heteroatoms. The number of amides is 2. The molecule has 4 rings (SSSR count). The number of benzene rings is 1. The van der Waals surface area contributed by atoms with Gasteiger partial charge in [-0.25, -0.2) is 4.39 Å². The van der Waals surface area contributed by atoms with Gasteiger partial charge in [0.25, 0.3) is 0 Å². The number of fused-ring (bicyclic) bond motifs is 2. The standard InChI is InChI=1S/C38H56BrFN2O2S/c1-3-5-7-9-11-12-13-14-15-16-17-18-20-22-27-42-35-29(23-24-30(39)34(35)40)32(37(42)43)33-36-31(25-28-45-36)41(38(33)44)26-21-19-10-8-6-4-2/h23-25,28,32-33H,3-22,26-27H2,1-2H3. The predicted octanol–water partition coefficient (Wildman–Crippen LogP) is 12.1. The van der Waals surface area contributed by atoms with Crippen LogP contribution in [-0.2, 0) is 9.59 Å². The van der Waals surface area contributed by atoms with Crippen molar-refractivity contribution in [2.24, 2.45) is 0 Å². The molecule has 4 nitrogen and oxygen atoms in total. The van der Waals surface area contributed by atoms with Gasteiger partial charge in [0, 0.05) is 18.0 Å². The Balaban J connectivity index is 1.29. The van der Waals surface area contributed by atoms with Crippen molar-refractivity contribution >= 4 is 50.5 Å². The van der Waals surface area contributed by atoms with Crippen molar-refractivity contribution in [1.82, 2.24) is 0 Å². The predicted molar refractivity (Wildman–Crippen MR) is 192 cm³/mol. The first-order valence-corrected chi connectivity index (χ1v) is 19.9. The molecule has 1 aromatic heterocycles. The summed E-state index contributed by atoms with van der Waals surface area (Å²) in [6.45, 7) is 5.66. The molecular weight excluding hydrogens is 647 g/mol. The maximum absolute atomic E-state index is 15.6. The molecule has 2 unspecified atom stereocenters. The van der Waals surface area contributed by atoms with Crippen LogP contribution in [0.2, 0.25) is 0 Å². The minimum absolute atomic E-state index is 0.00335. The van der Waals surface area contributed by atoms with Gasteiger partial charge < -0.3 is 9.80 Å². The Morgan fingerprint density at radius 3 is 1.64 bits per heavy atom. The Bertz CT molecular complexity index is 1220. The van der Waals surface area contributed by atoms with Crippen molar-refractivity contribution in [3.05, 3.63) is 44.3 Å². The van der Waals surface area contributed by atoms with Crippen LogP contribution in [-0.4, -0.2) is 24.9 Å². The van der Waals surface area contributed by atoms with Crippen LogP contribution in [0.4, 0.5) is 15.8 Å². The van der Waals surface area contributed by atoms with E-state index in [0.717, 1.165) is 42.7 Å². The highest BCUT2D eigenvalue weighted by molar-refractivity contribution is 9.10. The molecule has 3 heterocycles. The molecule has 0 saturated heterocycles. The average Bonchev–Trinajstić information content (AvgIpc) is 3.68. The number of hydrogen-bond donors (Lipinski definition) is 0. The second-order valence-electron chi connectivity index (χ2n) is 13.3. The zero-order valence-corrected chi connectivity index (χ0v) is 30.3. The highest BCUT2D eigenvalue weighted by Crippen LogP contribution is 2.53. The van der Waals surface area contributed by atoms with Gasteiger partial charge in [0.2, 0.25) is 11.8 Å². The van der Waals surface area contributed by atoms with Gasteiger partial charge in [-0.3, -0.25) is 9.59 Å². The monoisotopic (exact) mass is 702 g/mol. The minimum atomic E-state index is -0.673. The van der Waals surface area contributed by atoms with Crippen LogP contribution < -0.4 is 9.80 Å². The number of carbonyl (C=O) groups is 2. The summed E-state index contributed by atoms with van der Waals surface area (Å²) in [6.07, 6.45) is 24.7. The number of carbonyl (C=O) groups excluding carboxylic acids is 2. The molecule has 45 heavy (non-hydrogen) atoms. The average molecular weight is 704 g/mol. The summed E-state index contributed by atoms with van der Waals surface area (Å²) in [5.74, 6) is -1.77. The fourth-order valence-electron chi connectivity index (χ4n) is 7.24. The van der Waals surface area contributed by atoms with Crippen LogP contribution in [0, 0.1) is 5.82 Å². The van der Waals surface area contributed by atoms with Crippen molar-refractivity contribution in [1.29, 1.82) is 0 Å². The number of anilines is 2. The molecule has 2 amide bonds. The number of halogens is 2. The number of rotatable bonds is 23.